The standard InChI is InChI=1S/C27H28N2O5/c30-24(29-11-5-6-17-13-27(17,29)25(31)32)22-12-16(22)14-28-26(33)34-15-23-20-9-3-1-7-18(20)19-8-2-4-10-21(19)23/h1-4,7-10,16-17,22-23H,5-6,11-15H2,(H,28,33)(H,31,32). The van der Waals surface area contributed by atoms with Crippen LogP contribution in [0, 0.1) is 17.8 Å². The number of rotatable bonds is 6. The number of piperidine rings is 1. The Balaban J connectivity index is 1.02. The van der Waals surface area contributed by atoms with Crippen LogP contribution < -0.4 is 5.32 Å². The zero-order valence-corrected chi connectivity index (χ0v) is 18.9. The topological polar surface area (TPSA) is 95.9 Å². The van der Waals surface area contributed by atoms with Crippen LogP contribution in [-0.2, 0) is 14.3 Å². The molecule has 2 aromatic carbocycles. The zero-order valence-electron chi connectivity index (χ0n) is 18.9. The number of alkyl carbamates (subject to hydrolysis) is 1. The molecular formula is C27H28N2O5. The molecule has 2 N–H and O–H groups in total. The van der Waals surface area contributed by atoms with Gasteiger partial charge in [0.25, 0.3) is 0 Å². The zero-order chi connectivity index (χ0) is 23.4. The van der Waals surface area contributed by atoms with E-state index in [-0.39, 0.29) is 36.2 Å². The summed E-state index contributed by atoms with van der Waals surface area (Å²) in [6.07, 6.45) is 2.51. The minimum atomic E-state index is -0.970. The molecule has 3 aliphatic carbocycles. The molecule has 34 heavy (non-hydrogen) atoms. The van der Waals surface area contributed by atoms with Crippen molar-refractivity contribution in [3.05, 3.63) is 59.7 Å². The molecule has 0 spiro atoms. The monoisotopic (exact) mass is 460 g/mol. The van der Waals surface area contributed by atoms with Crippen LogP contribution in [0.3, 0.4) is 0 Å². The number of carboxylic acids is 1. The van der Waals surface area contributed by atoms with Gasteiger partial charge < -0.3 is 20.1 Å². The molecule has 4 atom stereocenters. The first-order valence-electron chi connectivity index (χ1n) is 12.1. The van der Waals surface area contributed by atoms with Crippen molar-refractivity contribution in [1.82, 2.24) is 10.2 Å². The van der Waals surface area contributed by atoms with Crippen molar-refractivity contribution in [3.63, 3.8) is 0 Å². The first kappa shape index (κ1) is 21.2. The number of carbonyl (C=O) groups is 3. The highest BCUT2D eigenvalue weighted by molar-refractivity contribution is 5.92. The average Bonchev–Trinajstić information content (AvgIpc) is 3.76. The van der Waals surface area contributed by atoms with Crippen molar-refractivity contribution in [2.24, 2.45) is 17.8 Å². The van der Waals surface area contributed by atoms with Gasteiger partial charge >= 0.3 is 12.1 Å². The van der Waals surface area contributed by atoms with Crippen LogP contribution in [0.2, 0.25) is 0 Å². The highest BCUT2D eigenvalue weighted by Gasteiger charge is 2.68. The molecule has 3 fully saturated rings. The number of carbonyl (C=O) groups excluding carboxylic acids is 2. The third-order valence-corrected chi connectivity index (χ3v) is 8.22. The molecule has 176 valence electrons. The Morgan fingerprint density at radius 2 is 1.74 bits per heavy atom. The Labute approximate surface area is 198 Å². The van der Waals surface area contributed by atoms with Crippen molar-refractivity contribution in [3.8, 4) is 11.1 Å². The second-order valence-corrected chi connectivity index (χ2v) is 10.1. The molecule has 1 heterocycles. The van der Waals surface area contributed by atoms with Gasteiger partial charge in [0, 0.05) is 24.9 Å². The van der Waals surface area contributed by atoms with Crippen LogP contribution in [0.25, 0.3) is 11.1 Å². The summed E-state index contributed by atoms with van der Waals surface area (Å²) in [7, 11) is 0. The van der Waals surface area contributed by atoms with E-state index in [1.807, 2.05) is 24.3 Å². The van der Waals surface area contributed by atoms with E-state index in [1.54, 1.807) is 4.90 Å². The number of ether oxygens (including phenoxy) is 1. The summed E-state index contributed by atoms with van der Waals surface area (Å²) >= 11 is 0. The first-order chi connectivity index (χ1) is 16.5. The minimum absolute atomic E-state index is 0.00574. The van der Waals surface area contributed by atoms with Crippen LogP contribution in [0.1, 0.15) is 42.7 Å². The summed E-state index contributed by atoms with van der Waals surface area (Å²) in [4.78, 5) is 38.9. The van der Waals surface area contributed by atoms with Crippen LogP contribution in [-0.4, -0.2) is 53.2 Å². The van der Waals surface area contributed by atoms with Gasteiger partial charge in [-0.2, -0.15) is 0 Å². The smallest absolute Gasteiger partial charge is 0.407 e. The third-order valence-electron chi connectivity index (χ3n) is 8.22. The normalized spacial score (nSPS) is 28.4. The SMILES string of the molecule is O=C(NCC1CC1C(=O)N1CCCC2CC21C(=O)O)OCC1c2ccccc2-c2ccccc21. The Hall–Kier alpha value is -3.35. The van der Waals surface area contributed by atoms with E-state index in [1.165, 1.54) is 11.1 Å². The molecule has 6 rings (SSSR count). The third kappa shape index (κ3) is 3.29. The molecule has 1 saturated heterocycles. The molecule has 1 aliphatic heterocycles. The lowest BCUT2D eigenvalue weighted by atomic mass is 9.98. The van der Waals surface area contributed by atoms with Crippen LogP contribution in [0.15, 0.2) is 48.5 Å². The second kappa shape index (κ2) is 7.86. The summed E-state index contributed by atoms with van der Waals surface area (Å²) in [5.74, 6) is -1.00. The summed E-state index contributed by atoms with van der Waals surface area (Å²) < 4.78 is 5.58. The number of nitrogens with one attached hydrogen (secondary N) is 1. The number of benzene rings is 2. The molecule has 7 nitrogen and oxygen atoms in total. The number of aliphatic carboxylic acids is 1. The largest absolute Gasteiger partial charge is 0.479 e. The maximum Gasteiger partial charge on any atom is 0.407 e. The van der Waals surface area contributed by atoms with Gasteiger partial charge in [0.1, 0.15) is 12.1 Å². The Kier molecular flexibility index (Phi) is 4.90. The van der Waals surface area contributed by atoms with E-state index in [2.05, 4.69) is 29.6 Å². The molecule has 2 saturated carbocycles. The highest BCUT2D eigenvalue weighted by Crippen LogP contribution is 2.56. The van der Waals surface area contributed by atoms with Crippen molar-refractivity contribution in [1.29, 1.82) is 0 Å². The van der Waals surface area contributed by atoms with Crippen LogP contribution in [0.5, 0.6) is 0 Å². The number of carboxylic acid groups (broad SMARTS) is 1. The van der Waals surface area contributed by atoms with E-state index in [9.17, 15) is 19.5 Å². The van der Waals surface area contributed by atoms with E-state index in [0.29, 0.717) is 25.9 Å². The van der Waals surface area contributed by atoms with Crippen molar-refractivity contribution in [2.45, 2.75) is 37.1 Å². The van der Waals surface area contributed by atoms with Gasteiger partial charge in [-0.15, -0.1) is 0 Å². The quantitative estimate of drug-likeness (QED) is 0.686. The van der Waals surface area contributed by atoms with Crippen LogP contribution in [0.4, 0.5) is 4.79 Å². The molecule has 4 unspecified atom stereocenters. The van der Waals surface area contributed by atoms with Gasteiger partial charge in [-0.25, -0.2) is 9.59 Å². The van der Waals surface area contributed by atoms with Gasteiger partial charge in [-0.1, -0.05) is 48.5 Å². The van der Waals surface area contributed by atoms with Gasteiger partial charge in [0.2, 0.25) is 5.91 Å². The summed E-state index contributed by atoms with van der Waals surface area (Å²) in [5, 5.41) is 12.5. The number of amides is 2. The summed E-state index contributed by atoms with van der Waals surface area (Å²) in [6, 6.07) is 16.4. The lowest BCUT2D eigenvalue weighted by Crippen LogP contribution is -2.52. The molecule has 0 radical (unpaired) electrons. The molecule has 7 heteroatoms. The predicted octanol–water partition coefficient (Wildman–Crippen LogP) is 3.63. The number of fused-ring (bicyclic) bond motifs is 4. The Morgan fingerprint density at radius 3 is 2.41 bits per heavy atom. The fourth-order valence-corrected chi connectivity index (χ4v) is 6.21. The predicted molar refractivity (Wildman–Crippen MR) is 124 cm³/mol. The molecule has 4 aliphatic rings. The summed E-state index contributed by atoms with van der Waals surface area (Å²) in [5.41, 5.74) is 3.72. The van der Waals surface area contributed by atoms with Gasteiger partial charge in [0.15, 0.2) is 0 Å². The van der Waals surface area contributed by atoms with Gasteiger partial charge in [-0.05, 0) is 59.8 Å². The molecule has 0 bridgehead atoms. The second-order valence-electron chi connectivity index (χ2n) is 10.1. The lowest BCUT2D eigenvalue weighted by Gasteiger charge is -2.34. The van der Waals surface area contributed by atoms with Gasteiger partial charge in [-0.3, -0.25) is 4.79 Å². The van der Waals surface area contributed by atoms with Crippen molar-refractivity contribution < 1.29 is 24.2 Å². The fourth-order valence-electron chi connectivity index (χ4n) is 6.21. The minimum Gasteiger partial charge on any atom is -0.479 e. The fraction of sp³-hybridized carbons (Fsp3) is 0.444. The maximum atomic E-state index is 13.0. The number of hydrogen-bond acceptors (Lipinski definition) is 4. The number of hydrogen-bond donors (Lipinski definition) is 2. The number of likely N-dealkylation sites (tertiary alicyclic amines) is 1. The van der Waals surface area contributed by atoms with Gasteiger partial charge in [0.05, 0.1) is 0 Å². The lowest BCUT2D eigenvalue weighted by molar-refractivity contribution is -0.155. The Morgan fingerprint density at radius 1 is 1.06 bits per heavy atom. The molecule has 0 aromatic heterocycles. The van der Waals surface area contributed by atoms with Crippen molar-refractivity contribution in [2.75, 3.05) is 19.7 Å². The number of nitrogens with zero attached hydrogens (tertiary/aromatic N) is 1. The first-order valence-corrected chi connectivity index (χ1v) is 12.1. The molecule has 2 amide bonds. The van der Waals surface area contributed by atoms with E-state index in [4.69, 9.17) is 4.74 Å². The average molecular weight is 461 g/mol. The van der Waals surface area contributed by atoms with E-state index < -0.39 is 17.6 Å². The Bertz CT molecular complexity index is 1130. The van der Waals surface area contributed by atoms with E-state index >= 15 is 0 Å². The summed E-state index contributed by atoms with van der Waals surface area (Å²) in [6.45, 7) is 1.14. The van der Waals surface area contributed by atoms with E-state index in [0.717, 1.165) is 24.0 Å². The molecular weight excluding hydrogens is 432 g/mol. The maximum absolute atomic E-state index is 13.0. The highest BCUT2D eigenvalue weighted by atomic mass is 16.5. The van der Waals surface area contributed by atoms with Crippen LogP contribution >= 0.6 is 0 Å². The molecule has 2 aromatic rings. The van der Waals surface area contributed by atoms with Crippen molar-refractivity contribution >= 4 is 18.0 Å².